The molecule has 1 aliphatic carbocycles. The third-order valence-corrected chi connectivity index (χ3v) is 7.51. The molecule has 172 valence electrons. The average molecular weight is 473 g/mol. The summed E-state index contributed by atoms with van der Waals surface area (Å²) in [6.07, 6.45) is 0.666. The lowest BCUT2D eigenvalue weighted by molar-refractivity contribution is 1.18. The number of para-hydroxylation sites is 2. The summed E-state index contributed by atoms with van der Waals surface area (Å²) in [5, 5.41) is 22.5. The minimum atomic E-state index is 0.252. The second-order valence-electron chi connectivity index (χ2n) is 9.37. The second kappa shape index (κ2) is 7.85. The highest BCUT2D eigenvalue weighted by Gasteiger charge is 2.30. The standard InChI is InChI=1S/C33H20N4/c34-18-27-31(26-17-21-7-1-2-8-23(21)32(26)28(19-35)33(27)36)20-13-15-22(16-14-20)37-29-11-5-3-9-24(29)25-10-4-6-12-30(25)37/h1-16H,17,36H2. The third-order valence-electron chi connectivity index (χ3n) is 7.51. The highest BCUT2D eigenvalue weighted by Crippen LogP contribution is 2.48. The summed E-state index contributed by atoms with van der Waals surface area (Å²) in [4.78, 5) is 0. The molecule has 1 heterocycles. The average Bonchev–Trinajstić information content (AvgIpc) is 3.49. The van der Waals surface area contributed by atoms with Crippen LogP contribution >= 0.6 is 0 Å². The van der Waals surface area contributed by atoms with Crippen LogP contribution < -0.4 is 5.73 Å². The fourth-order valence-corrected chi connectivity index (χ4v) is 5.93. The quantitative estimate of drug-likeness (QED) is 0.267. The van der Waals surface area contributed by atoms with Crippen molar-refractivity contribution < 1.29 is 0 Å². The molecule has 37 heavy (non-hydrogen) atoms. The summed E-state index contributed by atoms with van der Waals surface area (Å²) >= 11 is 0. The summed E-state index contributed by atoms with van der Waals surface area (Å²) in [5.41, 5.74) is 16.6. The maximum atomic E-state index is 10.1. The van der Waals surface area contributed by atoms with Gasteiger partial charge in [0.2, 0.25) is 0 Å². The molecule has 0 aliphatic heterocycles. The highest BCUT2D eigenvalue weighted by atomic mass is 15.0. The van der Waals surface area contributed by atoms with E-state index in [4.69, 9.17) is 5.73 Å². The van der Waals surface area contributed by atoms with Gasteiger partial charge in [-0.15, -0.1) is 0 Å². The first kappa shape index (κ1) is 21.0. The van der Waals surface area contributed by atoms with E-state index >= 15 is 0 Å². The van der Waals surface area contributed by atoms with Crippen LogP contribution in [0.3, 0.4) is 0 Å². The Bertz CT molecular complexity index is 1930. The van der Waals surface area contributed by atoms with Crippen molar-refractivity contribution in [3.8, 4) is 40.1 Å². The summed E-state index contributed by atoms with van der Waals surface area (Å²) in [6.45, 7) is 0. The van der Waals surface area contributed by atoms with Crippen LogP contribution in [-0.4, -0.2) is 4.57 Å². The van der Waals surface area contributed by atoms with Crippen LogP contribution in [0, 0.1) is 22.7 Å². The molecule has 1 aliphatic rings. The van der Waals surface area contributed by atoms with E-state index in [-0.39, 0.29) is 5.69 Å². The van der Waals surface area contributed by atoms with Gasteiger partial charge in [0.1, 0.15) is 12.1 Å². The number of hydrogen-bond donors (Lipinski definition) is 1. The van der Waals surface area contributed by atoms with E-state index in [1.807, 2.05) is 18.2 Å². The van der Waals surface area contributed by atoms with E-state index in [1.165, 1.54) is 10.8 Å². The molecule has 5 aromatic carbocycles. The van der Waals surface area contributed by atoms with Crippen molar-refractivity contribution in [1.82, 2.24) is 4.57 Å². The fraction of sp³-hybridized carbons (Fsp3) is 0.0303. The van der Waals surface area contributed by atoms with Crippen LogP contribution in [0.15, 0.2) is 97.1 Å². The number of aromatic nitrogens is 1. The van der Waals surface area contributed by atoms with E-state index in [9.17, 15) is 10.5 Å². The number of nitrogen functional groups attached to an aromatic ring is 1. The molecular formula is C33H20N4. The van der Waals surface area contributed by atoms with Crippen molar-refractivity contribution in [2.24, 2.45) is 0 Å². The molecule has 0 spiro atoms. The first-order chi connectivity index (χ1) is 18.2. The fourth-order valence-electron chi connectivity index (χ4n) is 5.93. The van der Waals surface area contributed by atoms with Gasteiger partial charge in [0, 0.05) is 27.6 Å². The normalized spacial score (nSPS) is 11.7. The van der Waals surface area contributed by atoms with Gasteiger partial charge in [0.05, 0.1) is 27.8 Å². The molecular weight excluding hydrogens is 452 g/mol. The molecule has 0 saturated heterocycles. The number of benzene rings is 5. The number of fused-ring (bicyclic) bond motifs is 6. The summed E-state index contributed by atoms with van der Waals surface area (Å²) in [6, 6.07) is 37.8. The Hall–Kier alpha value is -5.32. The van der Waals surface area contributed by atoms with Crippen LogP contribution in [0.25, 0.3) is 49.7 Å². The van der Waals surface area contributed by atoms with Gasteiger partial charge in [-0.3, -0.25) is 0 Å². The van der Waals surface area contributed by atoms with E-state index < -0.39 is 0 Å². The lowest BCUT2D eigenvalue weighted by Gasteiger charge is -2.17. The van der Waals surface area contributed by atoms with E-state index in [0.717, 1.165) is 50.1 Å². The van der Waals surface area contributed by atoms with Crippen molar-refractivity contribution in [2.75, 3.05) is 5.73 Å². The predicted octanol–water partition coefficient (Wildman–Crippen LogP) is 7.35. The van der Waals surface area contributed by atoms with Crippen molar-refractivity contribution in [3.63, 3.8) is 0 Å². The van der Waals surface area contributed by atoms with Gasteiger partial charge in [-0.2, -0.15) is 10.5 Å². The molecule has 2 N–H and O–H groups in total. The van der Waals surface area contributed by atoms with Crippen molar-refractivity contribution in [2.45, 2.75) is 6.42 Å². The van der Waals surface area contributed by atoms with Crippen molar-refractivity contribution in [3.05, 3.63) is 119 Å². The van der Waals surface area contributed by atoms with E-state index in [2.05, 4.69) is 95.6 Å². The zero-order chi connectivity index (χ0) is 25.1. The molecule has 0 fully saturated rings. The zero-order valence-corrected chi connectivity index (χ0v) is 19.9. The van der Waals surface area contributed by atoms with Crippen LogP contribution in [0.4, 0.5) is 5.69 Å². The van der Waals surface area contributed by atoms with Crippen LogP contribution in [0.1, 0.15) is 22.3 Å². The minimum absolute atomic E-state index is 0.252. The monoisotopic (exact) mass is 472 g/mol. The molecule has 0 atom stereocenters. The maximum Gasteiger partial charge on any atom is 0.102 e. The van der Waals surface area contributed by atoms with Crippen LogP contribution in [-0.2, 0) is 6.42 Å². The number of hydrogen-bond acceptors (Lipinski definition) is 3. The molecule has 0 radical (unpaired) electrons. The Labute approximate surface area is 214 Å². The lowest BCUT2D eigenvalue weighted by atomic mass is 9.87. The number of rotatable bonds is 2. The molecule has 0 amide bonds. The summed E-state index contributed by atoms with van der Waals surface area (Å²) < 4.78 is 2.27. The van der Waals surface area contributed by atoms with Gasteiger partial charge in [-0.25, -0.2) is 0 Å². The Morgan fingerprint density at radius 2 is 1.22 bits per heavy atom. The number of nitriles is 2. The Kier molecular flexibility index (Phi) is 4.46. The number of nitrogens with two attached hydrogens (primary N) is 1. The smallest absolute Gasteiger partial charge is 0.102 e. The minimum Gasteiger partial charge on any atom is -0.397 e. The van der Waals surface area contributed by atoms with Gasteiger partial charge >= 0.3 is 0 Å². The number of nitrogens with zero attached hydrogens (tertiary/aromatic N) is 3. The second-order valence-corrected chi connectivity index (χ2v) is 9.37. The van der Waals surface area contributed by atoms with Gasteiger partial charge in [0.25, 0.3) is 0 Å². The summed E-state index contributed by atoms with van der Waals surface area (Å²) in [7, 11) is 0. The molecule has 7 rings (SSSR count). The SMILES string of the molecule is N#Cc1c(N)c(C#N)c2c(c1-c1ccc(-n3c4ccccc4c4ccccc43)cc1)Cc1ccccc1-2. The Morgan fingerprint density at radius 3 is 1.86 bits per heavy atom. The number of anilines is 1. The highest BCUT2D eigenvalue weighted by molar-refractivity contribution is 6.09. The molecule has 4 nitrogen and oxygen atoms in total. The van der Waals surface area contributed by atoms with Gasteiger partial charge in [-0.05, 0) is 52.9 Å². The Morgan fingerprint density at radius 1 is 0.649 bits per heavy atom. The Balaban J connectivity index is 1.46. The first-order valence-electron chi connectivity index (χ1n) is 12.2. The molecule has 0 saturated carbocycles. The van der Waals surface area contributed by atoms with Crippen molar-refractivity contribution >= 4 is 27.5 Å². The van der Waals surface area contributed by atoms with Gasteiger partial charge < -0.3 is 10.3 Å². The van der Waals surface area contributed by atoms with Crippen LogP contribution in [0.5, 0.6) is 0 Å². The first-order valence-corrected chi connectivity index (χ1v) is 12.2. The van der Waals surface area contributed by atoms with Gasteiger partial charge in [-0.1, -0.05) is 72.8 Å². The van der Waals surface area contributed by atoms with E-state index in [0.29, 0.717) is 17.5 Å². The third kappa shape index (κ3) is 2.88. The maximum absolute atomic E-state index is 10.1. The molecule has 4 heteroatoms. The lowest BCUT2D eigenvalue weighted by Crippen LogP contribution is -2.03. The zero-order valence-electron chi connectivity index (χ0n) is 19.9. The molecule has 6 aromatic rings. The van der Waals surface area contributed by atoms with Gasteiger partial charge in [0.15, 0.2) is 0 Å². The van der Waals surface area contributed by atoms with Crippen LogP contribution in [0.2, 0.25) is 0 Å². The molecule has 1 aromatic heterocycles. The predicted molar refractivity (Wildman–Crippen MR) is 148 cm³/mol. The largest absolute Gasteiger partial charge is 0.397 e. The molecule has 0 bridgehead atoms. The van der Waals surface area contributed by atoms with Crippen molar-refractivity contribution in [1.29, 1.82) is 10.5 Å². The topological polar surface area (TPSA) is 78.5 Å². The summed E-state index contributed by atoms with van der Waals surface area (Å²) in [5.74, 6) is 0. The van der Waals surface area contributed by atoms with E-state index in [1.54, 1.807) is 0 Å². The molecule has 0 unspecified atom stereocenters.